The second-order valence-corrected chi connectivity index (χ2v) is 11.0. The highest BCUT2D eigenvalue weighted by Crippen LogP contribution is 2.67. The summed E-state index contributed by atoms with van der Waals surface area (Å²) in [6, 6.07) is 0. The van der Waals surface area contributed by atoms with Crippen molar-refractivity contribution in [2.75, 3.05) is 5.75 Å². The molecule has 8 atom stereocenters. The van der Waals surface area contributed by atoms with Crippen molar-refractivity contribution in [3.63, 3.8) is 0 Å². The minimum absolute atomic E-state index is 0.101. The van der Waals surface area contributed by atoms with Crippen LogP contribution < -0.4 is 0 Å². The zero-order valence-electron chi connectivity index (χ0n) is 16.9. The minimum Gasteiger partial charge on any atom is -0.393 e. The molecule has 0 aliphatic heterocycles. The van der Waals surface area contributed by atoms with Crippen LogP contribution in [0.3, 0.4) is 0 Å². The topological polar surface area (TPSA) is 61.1 Å². The average Bonchev–Trinajstić information content (AvgIpc) is 2.93. The summed E-state index contributed by atoms with van der Waals surface area (Å²) >= 11 is 1.33. The number of thiocyanates is 1. The number of fused-ring (bicyclic) bond motifs is 5. The van der Waals surface area contributed by atoms with Gasteiger partial charge in [-0.2, -0.15) is 5.26 Å². The SMILES string of the molecule is CC(=O)[C@H]1[C@H](CSC#N)CC2C3CC=C4C[C@@H](O)CC[C@]4(C)C3CC[C@@]21C. The van der Waals surface area contributed by atoms with Gasteiger partial charge in [-0.15, -0.1) is 0 Å². The van der Waals surface area contributed by atoms with Crippen molar-refractivity contribution >= 4 is 17.5 Å². The van der Waals surface area contributed by atoms with Crippen molar-refractivity contribution in [2.45, 2.75) is 71.8 Å². The number of carbonyl (C=O) groups is 1. The van der Waals surface area contributed by atoms with Crippen LogP contribution in [-0.4, -0.2) is 22.7 Å². The van der Waals surface area contributed by atoms with Gasteiger partial charge in [0, 0.05) is 11.7 Å². The molecule has 3 unspecified atom stereocenters. The predicted octanol–water partition coefficient (Wildman–Crippen LogP) is 4.96. The summed E-state index contributed by atoms with van der Waals surface area (Å²) in [5.74, 6) is 3.55. The van der Waals surface area contributed by atoms with E-state index >= 15 is 0 Å². The van der Waals surface area contributed by atoms with Crippen LogP contribution in [0.5, 0.6) is 0 Å². The zero-order valence-corrected chi connectivity index (χ0v) is 17.7. The molecule has 0 aromatic rings. The number of thioether (sulfide) groups is 1. The number of hydrogen-bond donors (Lipinski definition) is 1. The molecule has 3 nitrogen and oxygen atoms in total. The lowest BCUT2D eigenvalue weighted by atomic mass is 9.47. The molecule has 3 saturated carbocycles. The van der Waals surface area contributed by atoms with Gasteiger partial charge >= 0.3 is 0 Å². The fraction of sp³-hybridized carbons (Fsp3) is 0.826. The number of carbonyl (C=O) groups excluding carboxylic acids is 1. The number of nitriles is 1. The summed E-state index contributed by atoms with van der Waals surface area (Å²) in [5, 5.41) is 21.4. The fourth-order valence-electron chi connectivity index (χ4n) is 7.93. The molecule has 1 N–H and O–H groups in total. The Labute approximate surface area is 168 Å². The molecule has 4 heteroatoms. The van der Waals surface area contributed by atoms with Gasteiger partial charge in [-0.25, -0.2) is 0 Å². The number of aliphatic hydroxyl groups excluding tert-OH is 1. The summed E-state index contributed by atoms with van der Waals surface area (Å²) < 4.78 is 0. The lowest BCUT2D eigenvalue weighted by Gasteiger charge is -2.57. The summed E-state index contributed by atoms with van der Waals surface area (Å²) in [5.41, 5.74) is 1.85. The highest BCUT2D eigenvalue weighted by Gasteiger charge is 2.61. The maximum Gasteiger partial charge on any atom is 0.133 e. The Hall–Kier alpha value is -0.790. The van der Waals surface area contributed by atoms with E-state index in [4.69, 9.17) is 5.26 Å². The normalized spacial score (nSPS) is 48.6. The Morgan fingerprint density at radius 3 is 2.81 bits per heavy atom. The molecule has 3 fully saturated rings. The lowest BCUT2D eigenvalue weighted by Crippen LogP contribution is -2.51. The molecule has 4 aliphatic carbocycles. The second kappa shape index (κ2) is 6.92. The Kier molecular flexibility index (Phi) is 5.00. The smallest absolute Gasteiger partial charge is 0.133 e. The molecule has 0 aromatic heterocycles. The molecular formula is C23H33NO2S. The van der Waals surface area contributed by atoms with Gasteiger partial charge in [-0.05, 0) is 98.1 Å². The van der Waals surface area contributed by atoms with E-state index in [-0.39, 0.29) is 22.9 Å². The molecule has 0 aromatic carbocycles. The highest BCUT2D eigenvalue weighted by atomic mass is 32.2. The number of Topliss-reactive ketones (excluding diaryl/α,β-unsaturated/α-hetero) is 1. The van der Waals surface area contributed by atoms with Crippen molar-refractivity contribution in [2.24, 2.45) is 40.4 Å². The second-order valence-electron chi connectivity index (χ2n) is 10.2. The van der Waals surface area contributed by atoms with E-state index in [1.807, 2.05) is 0 Å². The Balaban J connectivity index is 1.66. The highest BCUT2D eigenvalue weighted by molar-refractivity contribution is 8.03. The summed E-state index contributed by atoms with van der Waals surface area (Å²) in [6.07, 6.45) is 9.77. The van der Waals surface area contributed by atoms with Crippen LogP contribution in [-0.2, 0) is 4.79 Å². The molecule has 0 spiro atoms. The molecule has 148 valence electrons. The molecule has 27 heavy (non-hydrogen) atoms. The van der Waals surface area contributed by atoms with E-state index in [2.05, 4.69) is 25.3 Å². The monoisotopic (exact) mass is 387 g/mol. The summed E-state index contributed by atoms with van der Waals surface area (Å²) in [6.45, 7) is 6.60. The molecule has 0 radical (unpaired) electrons. The maximum absolute atomic E-state index is 12.6. The average molecular weight is 388 g/mol. The minimum atomic E-state index is -0.157. The van der Waals surface area contributed by atoms with E-state index in [0.717, 1.165) is 44.3 Å². The van der Waals surface area contributed by atoms with Crippen LogP contribution in [0, 0.1) is 51.1 Å². The lowest BCUT2D eigenvalue weighted by molar-refractivity contribution is -0.128. The maximum atomic E-state index is 12.6. The van der Waals surface area contributed by atoms with Crippen molar-refractivity contribution in [1.82, 2.24) is 0 Å². The predicted molar refractivity (Wildman–Crippen MR) is 109 cm³/mol. The first-order valence-corrected chi connectivity index (χ1v) is 11.7. The van der Waals surface area contributed by atoms with Gasteiger partial charge < -0.3 is 5.11 Å². The van der Waals surface area contributed by atoms with Gasteiger partial charge in [-0.1, -0.05) is 25.5 Å². The van der Waals surface area contributed by atoms with Crippen LogP contribution >= 0.6 is 11.8 Å². The standard InChI is InChI=1S/C23H33NO2S/c1-14(25)21-15(12-27-13-24)10-20-18-5-4-16-11-17(26)6-8-22(16,2)19(18)7-9-23(20,21)3/h4,15,17-21,26H,5-12H2,1-3H3/t15-,17-,18?,19?,20?,21-,22-,23-/m0/s1. The van der Waals surface area contributed by atoms with Crippen molar-refractivity contribution in [3.8, 4) is 5.40 Å². The van der Waals surface area contributed by atoms with Gasteiger partial charge in [0.05, 0.1) is 6.10 Å². The van der Waals surface area contributed by atoms with Crippen LogP contribution in [0.1, 0.15) is 65.7 Å². The summed E-state index contributed by atoms with van der Waals surface area (Å²) in [4.78, 5) is 12.6. The largest absolute Gasteiger partial charge is 0.393 e. The van der Waals surface area contributed by atoms with Gasteiger partial charge in [0.1, 0.15) is 11.2 Å². The Bertz CT molecular complexity index is 697. The summed E-state index contributed by atoms with van der Waals surface area (Å²) in [7, 11) is 0. The molecule has 4 rings (SSSR count). The first-order chi connectivity index (χ1) is 12.8. The van der Waals surface area contributed by atoms with Gasteiger partial charge in [0.15, 0.2) is 0 Å². The Morgan fingerprint density at radius 1 is 1.33 bits per heavy atom. The number of ketones is 1. The van der Waals surface area contributed by atoms with E-state index in [0.29, 0.717) is 29.5 Å². The molecule has 0 heterocycles. The van der Waals surface area contributed by atoms with Crippen LogP contribution in [0.15, 0.2) is 11.6 Å². The van der Waals surface area contributed by atoms with Gasteiger partial charge in [0.2, 0.25) is 0 Å². The zero-order chi connectivity index (χ0) is 19.4. The molecular weight excluding hydrogens is 354 g/mol. The van der Waals surface area contributed by atoms with E-state index in [1.54, 1.807) is 6.92 Å². The van der Waals surface area contributed by atoms with Crippen molar-refractivity contribution in [1.29, 1.82) is 5.26 Å². The number of allylic oxidation sites excluding steroid dienone is 1. The van der Waals surface area contributed by atoms with Crippen LogP contribution in [0.4, 0.5) is 0 Å². The van der Waals surface area contributed by atoms with Crippen LogP contribution in [0.2, 0.25) is 0 Å². The van der Waals surface area contributed by atoms with E-state index < -0.39 is 0 Å². The third-order valence-corrected chi connectivity index (χ3v) is 9.78. The number of hydrogen-bond acceptors (Lipinski definition) is 4. The first kappa shape index (κ1) is 19.5. The van der Waals surface area contributed by atoms with Crippen molar-refractivity contribution in [3.05, 3.63) is 11.6 Å². The number of rotatable bonds is 3. The number of aliphatic hydroxyl groups is 1. The Morgan fingerprint density at radius 2 is 2.11 bits per heavy atom. The molecule has 0 amide bonds. The first-order valence-electron chi connectivity index (χ1n) is 10.7. The van der Waals surface area contributed by atoms with E-state index in [9.17, 15) is 9.90 Å². The quantitative estimate of drug-likeness (QED) is 0.549. The molecule has 0 saturated heterocycles. The van der Waals surface area contributed by atoms with Gasteiger partial charge in [0.25, 0.3) is 0 Å². The number of nitrogens with zero attached hydrogens (tertiary/aromatic N) is 1. The molecule has 0 bridgehead atoms. The van der Waals surface area contributed by atoms with Crippen molar-refractivity contribution < 1.29 is 9.90 Å². The van der Waals surface area contributed by atoms with E-state index in [1.165, 1.54) is 23.8 Å². The third-order valence-electron chi connectivity index (χ3n) is 9.05. The fourth-order valence-corrected chi connectivity index (χ4v) is 8.54. The molecule has 4 aliphatic rings. The van der Waals surface area contributed by atoms with Gasteiger partial charge in [-0.3, -0.25) is 4.79 Å². The third kappa shape index (κ3) is 2.92. The van der Waals surface area contributed by atoms with Crippen LogP contribution in [0.25, 0.3) is 0 Å².